The number of hydrogen-bond donors (Lipinski definition) is 3. The summed E-state index contributed by atoms with van der Waals surface area (Å²) < 4.78 is 10.9. The Labute approximate surface area is 207 Å². The summed E-state index contributed by atoms with van der Waals surface area (Å²) in [5.74, 6) is 1.99. The topological polar surface area (TPSA) is 86.8 Å². The molecular formula is C28H37N3O4. The first kappa shape index (κ1) is 25.1. The largest absolute Gasteiger partial charge is 0.493 e. The molecule has 4 rings (SSSR count). The fourth-order valence-corrected chi connectivity index (χ4v) is 5.09. The number of carbonyl (C=O) groups excluding carboxylic acids is 1. The van der Waals surface area contributed by atoms with E-state index in [4.69, 9.17) is 9.47 Å². The second-order valence-corrected chi connectivity index (χ2v) is 9.34. The molecule has 0 radical (unpaired) electrons. The Morgan fingerprint density at radius 2 is 1.89 bits per heavy atom. The Morgan fingerprint density at radius 3 is 2.54 bits per heavy atom. The van der Waals surface area contributed by atoms with Crippen molar-refractivity contribution in [2.45, 2.75) is 45.1 Å². The number of hydrogen-bond acceptors (Lipinski definition) is 5. The number of nitrogens with one attached hydrogen (secondary N) is 2. The van der Waals surface area contributed by atoms with Crippen LogP contribution in [0.5, 0.6) is 11.5 Å². The van der Waals surface area contributed by atoms with Crippen molar-refractivity contribution in [1.29, 1.82) is 0 Å². The lowest BCUT2D eigenvalue weighted by Gasteiger charge is -2.32. The molecule has 7 heteroatoms. The van der Waals surface area contributed by atoms with Crippen LogP contribution in [0.4, 0.5) is 0 Å². The second-order valence-electron chi connectivity index (χ2n) is 9.34. The van der Waals surface area contributed by atoms with E-state index in [-0.39, 0.29) is 12.5 Å². The summed E-state index contributed by atoms with van der Waals surface area (Å²) in [6.45, 7) is 6.15. The Morgan fingerprint density at radius 1 is 1.14 bits per heavy atom. The molecule has 188 valence electrons. The van der Waals surface area contributed by atoms with Gasteiger partial charge in [-0.1, -0.05) is 13.0 Å². The highest BCUT2D eigenvalue weighted by atomic mass is 16.5. The van der Waals surface area contributed by atoms with Crippen LogP contribution in [0.1, 0.15) is 43.7 Å². The third-order valence-corrected chi connectivity index (χ3v) is 6.99. The molecule has 1 aliphatic rings. The van der Waals surface area contributed by atoms with Crippen LogP contribution in [0.25, 0.3) is 22.2 Å². The fraction of sp³-hybridized carbons (Fsp3) is 0.464. The number of carbonyl (C=O) groups is 1. The van der Waals surface area contributed by atoms with E-state index in [1.54, 1.807) is 21.1 Å². The molecule has 1 saturated heterocycles. The van der Waals surface area contributed by atoms with E-state index in [9.17, 15) is 9.90 Å². The van der Waals surface area contributed by atoms with Crippen molar-refractivity contribution in [2.75, 3.05) is 40.4 Å². The summed E-state index contributed by atoms with van der Waals surface area (Å²) in [6, 6.07) is 12.8. The lowest BCUT2D eigenvalue weighted by Crippen LogP contribution is -2.43. The Hall–Kier alpha value is -3.03. The van der Waals surface area contributed by atoms with Crippen molar-refractivity contribution in [3.05, 3.63) is 47.5 Å². The summed E-state index contributed by atoms with van der Waals surface area (Å²) in [6.07, 6.45) is 2.39. The number of piperidine rings is 1. The molecule has 0 saturated carbocycles. The molecule has 0 aliphatic carbocycles. The maximum Gasteiger partial charge on any atom is 0.236 e. The van der Waals surface area contributed by atoms with Crippen LogP contribution in [-0.2, 0) is 11.2 Å². The fourth-order valence-electron chi connectivity index (χ4n) is 5.09. The summed E-state index contributed by atoms with van der Waals surface area (Å²) in [5.41, 5.74) is 5.96. The maximum atomic E-state index is 12.5. The van der Waals surface area contributed by atoms with E-state index in [2.05, 4.69) is 41.5 Å². The number of amides is 1. The van der Waals surface area contributed by atoms with Crippen LogP contribution in [0.2, 0.25) is 0 Å². The number of nitrogens with zero attached hydrogens (tertiary/aromatic N) is 1. The predicted octanol–water partition coefficient (Wildman–Crippen LogP) is 4.09. The van der Waals surface area contributed by atoms with Crippen LogP contribution >= 0.6 is 0 Å². The Kier molecular flexibility index (Phi) is 7.98. The zero-order chi connectivity index (χ0) is 24.9. The Balaban J connectivity index is 1.51. The average Bonchev–Trinajstić information content (AvgIpc) is 3.25. The predicted molar refractivity (Wildman–Crippen MR) is 139 cm³/mol. The van der Waals surface area contributed by atoms with Gasteiger partial charge in [0.25, 0.3) is 0 Å². The molecule has 0 bridgehead atoms. The van der Waals surface area contributed by atoms with Crippen LogP contribution in [0.3, 0.4) is 0 Å². The average molecular weight is 480 g/mol. The molecule has 0 spiro atoms. The van der Waals surface area contributed by atoms with Gasteiger partial charge >= 0.3 is 0 Å². The first-order chi connectivity index (χ1) is 16.9. The van der Waals surface area contributed by atoms with E-state index in [1.165, 1.54) is 16.5 Å². The van der Waals surface area contributed by atoms with E-state index in [0.29, 0.717) is 18.2 Å². The van der Waals surface area contributed by atoms with Crippen molar-refractivity contribution >= 4 is 16.8 Å². The number of aliphatic hydroxyl groups excluding tert-OH is 1. The number of benzene rings is 2. The molecule has 1 aromatic heterocycles. The van der Waals surface area contributed by atoms with Gasteiger partial charge in [-0.2, -0.15) is 0 Å². The molecule has 3 N–H and O–H groups in total. The zero-order valence-electron chi connectivity index (χ0n) is 21.2. The first-order valence-corrected chi connectivity index (χ1v) is 12.5. The van der Waals surface area contributed by atoms with Crippen LogP contribution < -0.4 is 14.8 Å². The molecule has 2 aromatic carbocycles. The molecule has 1 amide bonds. The molecule has 7 nitrogen and oxygen atoms in total. The summed E-state index contributed by atoms with van der Waals surface area (Å²) >= 11 is 0. The van der Waals surface area contributed by atoms with Crippen LogP contribution in [0, 0.1) is 0 Å². The van der Waals surface area contributed by atoms with Gasteiger partial charge in [-0.25, -0.2) is 0 Å². The Bertz CT molecular complexity index is 1160. The smallest absolute Gasteiger partial charge is 0.236 e. The van der Waals surface area contributed by atoms with Crippen LogP contribution in [0.15, 0.2) is 36.4 Å². The molecule has 2 heterocycles. The SMILES string of the molecule is CCc1c(-c2ccc(OC)c(OC)c2)[nH]c2ccc(C3CCN(C(=O)CNCC(C)O)CC3)cc12. The van der Waals surface area contributed by atoms with E-state index < -0.39 is 6.10 Å². The minimum atomic E-state index is -0.447. The third-order valence-electron chi connectivity index (χ3n) is 6.99. The van der Waals surface area contributed by atoms with Gasteiger partial charge in [0.05, 0.1) is 26.9 Å². The van der Waals surface area contributed by atoms with Crippen molar-refractivity contribution < 1.29 is 19.4 Å². The first-order valence-electron chi connectivity index (χ1n) is 12.5. The van der Waals surface area contributed by atoms with Gasteiger partial charge < -0.3 is 29.8 Å². The number of aliphatic hydroxyl groups is 1. The minimum absolute atomic E-state index is 0.109. The van der Waals surface area contributed by atoms with Gasteiger partial charge in [-0.15, -0.1) is 0 Å². The van der Waals surface area contributed by atoms with Crippen molar-refractivity contribution in [1.82, 2.24) is 15.2 Å². The molecule has 1 unspecified atom stereocenters. The van der Waals surface area contributed by atoms with Crippen molar-refractivity contribution in [2.24, 2.45) is 0 Å². The number of likely N-dealkylation sites (tertiary alicyclic amines) is 1. The van der Waals surface area contributed by atoms with E-state index in [0.717, 1.165) is 54.9 Å². The van der Waals surface area contributed by atoms with Gasteiger partial charge in [0.2, 0.25) is 5.91 Å². The second kappa shape index (κ2) is 11.1. The molecular weight excluding hydrogens is 442 g/mol. The number of aromatic amines is 1. The molecule has 1 atom stereocenters. The highest BCUT2D eigenvalue weighted by molar-refractivity contribution is 5.91. The third kappa shape index (κ3) is 5.46. The van der Waals surface area contributed by atoms with Gasteiger partial charge in [0, 0.05) is 41.8 Å². The quantitative estimate of drug-likeness (QED) is 0.430. The van der Waals surface area contributed by atoms with Crippen molar-refractivity contribution in [3.63, 3.8) is 0 Å². The zero-order valence-corrected chi connectivity index (χ0v) is 21.2. The highest BCUT2D eigenvalue weighted by Crippen LogP contribution is 2.38. The number of aryl methyl sites for hydroxylation is 1. The number of fused-ring (bicyclic) bond motifs is 1. The van der Waals surface area contributed by atoms with Gasteiger partial charge in [-0.3, -0.25) is 4.79 Å². The number of aromatic nitrogens is 1. The van der Waals surface area contributed by atoms with Crippen molar-refractivity contribution in [3.8, 4) is 22.8 Å². The van der Waals surface area contributed by atoms with Gasteiger partial charge in [0.15, 0.2) is 11.5 Å². The molecule has 1 aliphatic heterocycles. The summed E-state index contributed by atoms with van der Waals surface area (Å²) in [4.78, 5) is 18.0. The standard InChI is InChI=1S/C28H37N3O4/c1-5-22-23-14-20(19-10-12-31(13-11-19)27(33)17-29-16-18(2)32)6-8-24(23)30-28(22)21-7-9-25(34-3)26(15-21)35-4/h6-9,14-15,18-19,29-30,32H,5,10-13,16-17H2,1-4H3. The molecule has 3 aromatic rings. The molecule has 35 heavy (non-hydrogen) atoms. The van der Waals surface area contributed by atoms with Gasteiger partial charge in [-0.05, 0) is 73.6 Å². The van der Waals surface area contributed by atoms with Gasteiger partial charge in [0.1, 0.15) is 0 Å². The maximum absolute atomic E-state index is 12.5. The monoisotopic (exact) mass is 479 g/mol. The number of rotatable bonds is 9. The lowest BCUT2D eigenvalue weighted by atomic mass is 9.88. The normalized spacial score (nSPS) is 15.4. The van der Waals surface area contributed by atoms with E-state index in [1.807, 2.05) is 17.0 Å². The minimum Gasteiger partial charge on any atom is -0.493 e. The summed E-state index contributed by atoms with van der Waals surface area (Å²) in [7, 11) is 3.30. The summed E-state index contributed by atoms with van der Waals surface area (Å²) in [5, 5.41) is 13.6. The molecule has 1 fully saturated rings. The lowest BCUT2D eigenvalue weighted by molar-refractivity contribution is -0.131. The number of methoxy groups -OCH3 is 2. The number of ether oxygens (including phenoxy) is 2. The highest BCUT2D eigenvalue weighted by Gasteiger charge is 2.24. The van der Waals surface area contributed by atoms with Crippen LogP contribution in [-0.4, -0.2) is 67.4 Å². The van der Waals surface area contributed by atoms with E-state index >= 15 is 0 Å². The number of H-pyrrole nitrogens is 1.